The molecular formula is C17H34N2O. The molecule has 118 valence electrons. The van der Waals surface area contributed by atoms with E-state index in [0.29, 0.717) is 11.9 Å². The van der Waals surface area contributed by atoms with Crippen molar-refractivity contribution in [3.05, 3.63) is 0 Å². The first-order chi connectivity index (χ1) is 9.79. The standard InChI is InChI=1S/C17H34N2O/c1-3-5-6-7-8-9-10-17(20)19(15-4-2)16-11-13-18-14-12-16/h16,18H,3-15H2,1-2H3. The molecule has 1 aliphatic heterocycles. The lowest BCUT2D eigenvalue weighted by Crippen LogP contribution is -2.46. The number of unbranched alkanes of at least 4 members (excludes halogenated alkanes) is 5. The monoisotopic (exact) mass is 282 g/mol. The summed E-state index contributed by atoms with van der Waals surface area (Å²) in [6.45, 7) is 7.49. The third kappa shape index (κ3) is 6.74. The average Bonchev–Trinajstić information content (AvgIpc) is 2.49. The zero-order valence-electron chi connectivity index (χ0n) is 13.6. The van der Waals surface area contributed by atoms with Crippen molar-refractivity contribution in [1.82, 2.24) is 10.2 Å². The molecule has 3 nitrogen and oxygen atoms in total. The SMILES string of the molecule is CCCCCCCCC(=O)N(CCC)C1CCNCC1. The van der Waals surface area contributed by atoms with Gasteiger partial charge in [0.15, 0.2) is 0 Å². The molecule has 0 aromatic heterocycles. The van der Waals surface area contributed by atoms with Crippen LogP contribution in [0.25, 0.3) is 0 Å². The Bertz CT molecular complexity index is 249. The fraction of sp³-hybridized carbons (Fsp3) is 0.941. The van der Waals surface area contributed by atoms with Crippen LogP contribution in [-0.2, 0) is 4.79 Å². The van der Waals surface area contributed by atoms with Gasteiger partial charge < -0.3 is 10.2 Å². The van der Waals surface area contributed by atoms with Crippen LogP contribution in [0.15, 0.2) is 0 Å². The van der Waals surface area contributed by atoms with Crippen molar-refractivity contribution in [3.8, 4) is 0 Å². The molecule has 0 atom stereocenters. The Morgan fingerprint density at radius 2 is 1.65 bits per heavy atom. The molecule has 1 fully saturated rings. The van der Waals surface area contributed by atoms with Crippen molar-refractivity contribution in [1.29, 1.82) is 0 Å². The number of amides is 1. The molecule has 0 unspecified atom stereocenters. The number of carbonyl (C=O) groups excluding carboxylic acids is 1. The molecule has 3 heteroatoms. The third-order valence-corrected chi connectivity index (χ3v) is 4.28. The van der Waals surface area contributed by atoms with Gasteiger partial charge in [0.25, 0.3) is 0 Å². The number of carbonyl (C=O) groups is 1. The van der Waals surface area contributed by atoms with Crippen LogP contribution in [0, 0.1) is 0 Å². The highest BCUT2D eigenvalue weighted by Gasteiger charge is 2.23. The van der Waals surface area contributed by atoms with Crippen LogP contribution in [0.4, 0.5) is 0 Å². The summed E-state index contributed by atoms with van der Waals surface area (Å²) in [5.74, 6) is 0.397. The van der Waals surface area contributed by atoms with Crippen LogP contribution >= 0.6 is 0 Å². The minimum Gasteiger partial charge on any atom is -0.340 e. The maximum Gasteiger partial charge on any atom is 0.222 e. The summed E-state index contributed by atoms with van der Waals surface area (Å²) in [4.78, 5) is 14.6. The van der Waals surface area contributed by atoms with Crippen LogP contribution in [0.1, 0.15) is 78.1 Å². The molecule has 0 bridgehead atoms. The molecular weight excluding hydrogens is 248 g/mol. The van der Waals surface area contributed by atoms with Crippen molar-refractivity contribution in [2.75, 3.05) is 19.6 Å². The Kier molecular flexibility index (Phi) is 9.73. The van der Waals surface area contributed by atoms with E-state index in [1.54, 1.807) is 0 Å². The summed E-state index contributed by atoms with van der Waals surface area (Å²) >= 11 is 0. The summed E-state index contributed by atoms with van der Waals surface area (Å²) in [6.07, 6.45) is 11.6. The van der Waals surface area contributed by atoms with E-state index >= 15 is 0 Å². The van der Waals surface area contributed by atoms with Crippen molar-refractivity contribution >= 4 is 5.91 Å². The number of nitrogens with one attached hydrogen (secondary N) is 1. The molecule has 0 saturated carbocycles. The fourth-order valence-corrected chi connectivity index (χ4v) is 3.07. The van der Waals surface area contributed by atoms with E-state index in [0.717, 1.165) is 51.7 Å². The molecule has 1 heterocycles. The minimum atomic E-state index is 0.397. The van der Waals surface area contributed by atoms with E-state index in [1.807, 2.05) is 0 Å². The first-order valence-electron chi connectivity index (χ1n) is 8.79. The Hall–Kier alpha value is -0.570. The van der Waals surface area contributed by atoms with Gasteiger partial charge in [-0.2, -0.15) is 0 Å². The van der Waals surface area contributed by atoms with Gasteiger partial charge in [-0.05, 0) is 38.8 Å². The van der Waals surface area contributed by atoms with E-state index in [-0.39, 0.29) is 0 Å². The third-order valence-electron chi connectivity index (χ3n) is 4.28. The molecule has 1 rings (SSSR count). The summed E-state index contributed by atoms with van der Waals surface area (Å²) in [6, 6.07) is 0.490. The quantitative estimate of drug-likeness (QED) is 0.619. The smallest absolute Gasteiger partial charge is 0.222 e. The van der Waals surface area contributed by atoms with Crippen molar-refractivity contribution in [3.63, 3.8) is 0 Å². The van der Waals surface area contributed by atoms with Gasteiger partial charge in [0.2, 0.25) is 5.91 Å². The second-order valence-corrected chi connectivity index (χ2v) is 6.09. The second-order valence-electron chi connectivity index (χ2n) is 6.09. The summed E-state index contributed by atoms with van der Waals surface area (Å²) in [7, 11) is 0. The Balaban J connectivity index is 2.24. The van der Waals surface area contributed by atoms with Crippen LogP contribution in [0.2, 0.25) is 0 Å². The number of rotatable bonds is 10. The van der Waals surface area contributed by atoms with Gasteiger partial charge in [0.05, 0.1) is 0 Å². The van der Waals surface area contributed by atoms with Gasteiger partial charge in [-0.15, -0.1) is 0 Å². The molecule has 20 heavy (non-hydrogen) atoms. The van der Waals surface area contributed by atoms with Crippen molar-refractivity contribution < 1.29 is 4.79 Å². The van der Waals surface area contributed by atoms with Gasteiger partial charge in [-0.1, -0.05) is 46.0 Å². The summed E-state index contributed by atoms with van der Waals surface area (Å²) in [5, 5.41) is 3.38. The number of piperidine rings is 1. The molecule has 1 saturated heterocycles. The first kappa shape index (κ1) is 17.5. The molecule has 0 aromatic carbocycles. The van der Waals surface area contributed by atoms with Gasteiger partial charge >= 0.3 is 0 Å². The van der Waals surface area contributed by atoms with Crippen LogP contribution in [0.5, 0.6) is 0 Å². The van der Waals surface area contributed by atoms with Crippen LogP contribution in [-0.4, -0.2) is 36.5 Å². The highest BCUT2D eigenvalue weighted by atomic mass is 16.2. The van der Waals surface area contributed by atoms with Crippen LogP contribution < -0.4 is 5.32 Å². The average molecular weight is 282 g/mol. The highest BCUT2D eigenvalue weighted by Crippen LogP contribution is 2.15. The lowest BCUT2D eigenvalue weighted by atomic mass is 10.0. The van der Waals surface area contributed by atoms with Gasteiger partial charge in [-0.3, -0.25) is 4.79 Å². The van der Waals surface area contributed by atoms with E-state index in [1.165, 1.54) is 32.1 Å². The Labute approximate surface area is 125 Å². The normalized spacial score (nSPS) is 16.3. The molecule has 1 amide bonds. The molecule has 0 spiro atoms. The molecule has 1 N–H and O–H groups in total. The minimum absolute atomic E-state index is 0.397. The van der Waals surface area contributed by atoms with E-state index in [4.69, 9.17) is 0 Å². The van der Waals surface area contributed by atoms with E-state index in [9.17, 15) is 4.79 Å². The lowest BCUT2D eigenvalue weighted by molar-refractivity contribution is -0.134. The number of nitrogens with zero attached hydrogens (tertiary/aromatic N) is 1. The fourth-order valence-electron chi connectivity index (χ4n) is 3.07. The highest BCUT2D eigenvalue weighted by molar-refractivity contribution is 5.76. The maximum absolute atomic E-state index is 12.4. The first-order valence-corrected chi connectivity index (χ1v) is 8.79. The molecule has 0 aliphatic carbocycles. The maximum atomic E-state index is 12.4. The van der Waals surface area contributed by atoms with Crippen LogP contribution in [0.3, 0.4) is 0 Å². The largest absolute Gasteiger partial charge is 0.340 e. The van der Waals surface area contributed by atoms with Crippen molar-refractivity contribution in [2.24, 2.45) is 0 Å². The molecule has 0 aromatic rings. The predicted octanol–water partition coefficient (Wildman–Crippen LogP) is 3.73. The summed E-state index contributed by atoms with van der Waals surface area (Å²) in [5.41, 5.74) is 0. The Morgan fingerprint density at radius 1 is 1.00 bits per heavy atom. The van der Waals surface area contributed by atoms with Gasteiger partial charge in [0, 0.05) is 19.0 Å². The molecule has 1 aliphatic rings. The zero-order valence-corrected chi connectivity index (χ0v) is 13.6. The van der Waals surface area contributed by atoms with Gasteiger partial charge in [-0.25, -0.2) is 0 Å². The lowest BCUT2D eigenvalue weighted by Gasteiger charge is -2.34. The van der Waals surface area contributed by atoms with Gasteiger partial charge in [0.1, 0.15) is 0 Å². The van der Waals surface area contributed by atoms with E-state index in [2.05, 4.69) is 24.1 Å². The second kappa shape index (κ2) is 11.1. The zero-order chi connectivity index (χ0) is 14.6. The number of hydrogen-bond acceptors (Lipinski definition) is 2. The Morgan fingerprint density at radius 3 is 2.30 bits per heavy atom. The summed E-state index contributed by atoms with van der Waals surface area (Å²) < 4.78 is 0. The predicted molar refractivity (Wildman–Crippen MR) is 85.9 cm³/mol. The topological polar surface area (TPSA) is 32.3 Å². The van der Waals surface area contributed by atoms with Crippen molar-refractivity contribution in [2.45, 2.75) is 84.1 Å². The van der Waals surface area contributed by atoms with E-state index < -0.39 is 0 Å². The number of hydrogen-bond donors (Lipinski definition) is 1. The molecule has 0 radical (unpaired) electrons.